The number of ether oxygens (including phenoxy) is 3. The molecule has 0 radical (unpaired) electrons. The summed E-state index contributed by atoms with van der Waals surface area (Å²) in [6.45, 7) is 5.03. The lowest BCUT2D eigenvalue weighted by Crippen LogP contribution is -2.38. The summed E-state index contributed by atoms with van der Waals surface area (Å²) in [4.78, 5) is 10.6. The Morgan fingerprint density at radius 2 is 2.10 bits per heavy atom. The van der Waals surface area contributed by atoms with Crippen molar-refractivity contribution in [1.82, 2.24) is 14.9 Å². The summed E-state index contributed by atoms with van der Waals surface area (Å²) in [7, 11) is 1.64. The molecule has 0 amide bonds. The van der Waals surface area contributed by atoms with Gasteiger partial charge in [-0.3, -0.25) is 4.90 Å². The van der Waals surface area contributed by atoms with Crippen molar-refractivity contribution in [1.29, 1.82) is 0 Å². The van der Waals surface area contributed by atoms with Gasteiger partial charge in [-0.15, -0.1) is 0 Å². The van der Waals surface area contributed by atoms with Crippen LogP contribution in [0.1, 0.15) is 0 Å². The average molecular weight is 289 g/mol. The molecule has 21 heavy (non-hydrogen) atoms. The van der Waals surface area contributed by atoms with Crippen LogP contribution in [0, 0.1) is 0 Å². The van der Waals surface area contributed by atoms with Gasteiger partial charge in [0.1, 0.15) is 12.9 Å². The molecule has 1 fully saturated rings. The molecule has 2 aromatic rings. The third-order valence-electron chi connectivity index (χ3n) is 3.56. The predicted molar refractivity (Wildman–Crippen MR) is 78.8 cm³/mol. The molecular formula is C15H19N3O3. The highest BCUT2D eigenvalue weighted by Crippen LogP contribution is 2.31. The maximum atomic E-state index is 5.87. The number of fused-ring (bicyclic) bond motifs is 1. The van der Waals surface area contributed by atoms with E-state index in [1.54, 1.807) is 13.3 Å². The van der Waals surface area contributed by atoms with Crippen molar-refractivity contribution in [3.8, 4) is 11.5 Å². The first-order chi connectivity index (χ1) is 10.4. The molecule has 0 unspecified atom stereocenters. The summed E-state index contributed by atoms with van der Waals surface area (Å²) >= 11 is 0. The number of rotatable bonds is 5. The van der Waals surface area contributed by atoms with Crippen LogP contribution in [0.25, 0.3) is 10.9 Å². The standard InChI is InChI=1S/C15H19N3O3/c1-19-14-8-12-10-16-11-17-13(12)9-15(14)21-7-4-18-2-5-20-6-3-18/h8-11H,2-7H2,1H3. The van der Waals surface area contributed by atoms with Gasteiger partial charge in [-0.25, -0.2) is 9.97 Å². The summed E-state index contributed by atoms with van der Waals surface area (Å²) in [5.74, 6) is 1.43. The van der Waals surface area contributed by atoms with Gasteiger partial charge in [0.25, 0.3) is 0 Å². The number of aromatic nitrogens is 2. The number of nitrogens with zero attached hydrogens (tertiary/aromatic N) is 3. The molecule has 0 N–H and O–H groups in total. The zero-order chi connectivity index (χ0) is 14.5. The van der Waals surface area contributed by atoms with Crippen LogP contribution in [0.5, 0.6) is 11.5 Å². The summed E-state index contributed by atoms with van der Waals surface area (Å²) in [6.07, 6.45) is 3.30. The summed E-state index contributed by atoms with van der Waals surface area (Å²) in [5.41, 5.74) is 0.854. The third-order valence-corrected chi connectivity index (χ3v) is 3.56. The number of morpholine rings is 1. The smallest absolute Gasteiger partial charge is 0.163 e. The highest BCUT2D eigenvalue weighted by Gasteiger charge is 2.11. The maximum absolute atomic E-state index is 5.87. The molecule has 1 aliphatic rings. The Balaban J connectivity index is 1.67. The van der Waals surface area contributed by atoms with Crippen molar-refractivity contribution in [3.63, 3.8) is 0 Å². The Morgan fingerprint density at radius 3 is 2.90 bits per heavy atom. The Bertz CT molecular complexity index is 600. The fraction of sp³-hybridized carbons (Fsp3) is 0.467. The second-order valence-electron chi connectivity index (χ2n) is 4.89. The molecule has 6 heteroatoms. The van der Waals surface area contributed by atoms with Crippen LogP contribution in [0.2, 0.25) is 0 Å². The molecule has 1 saturated heterocycles. The van der Waals surface area contributed by atoms with E-state index < -0.39 is 0 Å². The molecule has 3 rings (SSSR count). The molecule has 6 nitrogen and oxygen atoms in total. The minimum Gasteiger partial charge on any atom is -0.493 e. The lowest BCUT2D eigenvalue weighted by atomic mass is 10.2. The Hall–Kier alpha value is -1.92. The molecule has 0 saturated carbocycles. The van der Waals surface area contributed by atoms with Crippen LogP contribution in [0.4, 0.5) is 0 Å². The SMILES string of the molecule is COc1cc2cncnc2cc1OCCN1CCOCC1. The molecule has 1 aromatic heterocycles. The predicted octanol–water partition coefficient (Wildman–Crippen LogP) is 1.35. The van der Waals surface area contributed by atoms with Gasteiger partial charge >= 0.3 is 0 Å². The first-order valence-electron chi connectivity index (χ1n) is 7.07. The third kappa shape index (κ3) is 3.40. The normalized spacial score (nSPS) is 16.0. The van der Waals surface area contributed by atoms with Gasteiger partial charge in [0.2, 0.25) is 0 Å². The van der Waals surface area contributed by atoms with Crippen molar-refractivity contribution < 1.29 is 14.2 Å². The summed E-state index contributed by atoms with van der Waals surface area (Å²) in [5, 5.41) is 0.940. The van der Waals surface area contributed by atoms with Crippen molar-refractivity contribution in [2.45, 2.75) is 0 Å². The van der Waals surface area contributed by atoms with Crippen LogP contribution in [0.3, 0.4) is 0 Å². The van der Waals surface area contributed by atoms with Crippen LogP contribution in [0.15, 0.2) is 24.7 Å². The van der Waals surface area contributed by atoms with E-state index in [9.17, 15) is 0 Å². The van der Waals surface area contributed by atoms with E-state index in [1.807, 2.05) is 12.1 Å². The molecule has 0 bridgehead atoms. The minimum absolute atomic E-state index is 0.618. The number of hydrogen-bond donors (Lipinski definition) is 0. The number of benzene rings is 1. The summed E-state index contributed by atoms with van der Waals surface area (Å²) in [6, 6.07) is 3.80. The van der Waals surface area contributed by atoms with Gasteiger partial charge in [0, 0.05) is 37.3 Å². The van der Waals surface area contributed by atoms with Crippen molar-refractivity contribution in [3.05, 3.63) is 24.7 Å². The Kier molecular flexibility index (Phi) is 4.47. The van der Waals surface area contributed by atoms with Gasteiger partial charge in [-0.2, -0.15) is 0 Å². The lowest BCUT2D eigenvalue weighted by Gasteiger charge is -2.26. The monoisotopic (exact) mass is 289 g/mol. The second kappa shape index (κ2) is 6.69. The highest BCUT2D eigenvalue weighted by molar-refractivity contribution is 5.81. The van der Waals surface area contributed by atoms with E-state index in [-0.39, 0.29) is 0 Å². The fourth-order valence-corrected chi connectivity index (χ4v) is 2.37. The summed E-state index contributed by atoms with van der Waals surface area (Å²) < 4.78 is 16.6. The highest BCUT2D eigenvalue weighted by atomic mass is 16.5. The maximum Gasteiger partial charge on any atom is 0.163 e. The van der Waals surface area contributed by atoms with Crippen molar-refractivity contribution in [2.75, 3.05) is 46.6 Å². The van der Waals surface area contributed by atoms with Crippen LogP contribution in [-0.4, -0.2) is 61.4 Å². The second-order valence-corrected chi connectivity index (χ2v) is 4.89. The van der Waals surface area contributed by atoms with E-state index in [4.69, 9.17) is 14.2 Å². The van der Waals surface area contributed by atoms with Crippen LogP contribution in [-0.2, 0) is 4.74 Å². The largest absolute Gasteiger partial charge is 0.493 e. The molecule has 0 atom stereocenters. The number of methoxy groups -OCH3 is 1. The quantitative estimate of drug-likeness (QED) is 0.828. The molecule has 0 aliphatic carbocycles. The van der Waals surface area contributed by atoms with E-state index in [0.717, 1.165) is 49.5 Å². The van der Waals surface area contributed by atoms with Crippen molar-refractivity contribution >= 4 is 10.9 Å². The topological polar surface area (TPSA) is 56.7 Å². The molecular weight excluding hydrogens is 270 g/mol. The first kappa shape index (κ1) is 14.0. The zero-order valence-electron chi connectivity index (χ0n) is 12.1. The van der Waals surface area contributed by atoms with Gasteiger partial charge in [0.05, 0.1) is 25.8 Å². The molecule has 2 heterocycles. The molecule has 112 valence electrons. The first-order valence-corrected chi connectivity index (χ1v) is 7.07. The van der Waals surface area contributed by atoms with E-state index >= 15 is 0 Å². The van der Waals surface area contributed by atoms with Gasteiger partial charge in [-0.1, -0.05) is 0 Å². The Morgan fingerprint density at radius 1 is 1.24 bits per heavy atom. The van der Waals surface area contributed by atoms with Crippen LogP contribution >= 0.6 is 0 Å². The molecule has 1 aromatic carbocycles. The van der Waals surface area contributed by atoms with E-state index in [2.05, 4.69) is 14.9 Å². The number of hydrogen-bond acceptors (Lipinski definition) is 6. The zero-order valence-corrected chi connectivity index (χ0v) is 12.1. The Labute approximate surface area is 123 Å². The molecule has 1 aliphatic heterocycles. The van der Waals surface area contributed by atoms with Crippen molar-refractivity contribution in [2.24, 2.45) is 0 Å². The van der Waals surface area contributed by atoms with Crippen LogP contribution < -0.4 is 9.47 Å². The fourth-order valence-electron chi connectivity index (χ4n) is 2.37. The molecule has 0 spiro atoms. The lowest BCUT2D eigenvalue weighted by molar-refractivity contribution is 0.0321. The average Bonchev–Trinajstić information content (AvgIpc) is 2.55. The van der Waals surface area contributed by atoms with Gasteiger partial charge < -0.3 is 14.2 Å². The van der Waals surface area contributed by atoms with E-state index in [0.29, 0.717) is 12.4 Å². The van der Waals surface area contributed by atoms with Gasteiger partial charge in [0.15, 0.2) is 11.5 Å². The van der Waals surface area contributed by atoms with E-state index in [1.165, 1.54) is 6.33 Å². The van der Waals surface area contributed by atoms with Gasteiger partial charge in [-0.05, 0) is 6.07 Å². The minimum atomic E-state index is 0.618.